The van der Waals surface area contributed by atoms with E-state index in [1.165, 1.54) is 19.3 Å². The number of carbonyl (C=O) groups excluding carboxylic acids is 1. The Hall–Kier alpha value is -1.17. The van der Waals surface area contributed by atoms with Gasteiger partial charge in [-0.05, 0) is 18.8 Å². The number of rotatable bonds is 2. The summed E-state index contributed by atoms with van der Waals surface area (Å²) in [6.07, 6.45) is 3.71. The highest BCUT2D eigenvalue weighted by molar-refractivity contribution is 7.15. The number of urea groups is 1. The van der Waals surface area contributed by atoms with Crippen LogP contribution >= 0.6 is 11.3 Å². The number of carbonyl (C=O) groups is 1. The van der Waals surface area contributed by atoms with Gasteiger partial charge in [-0.1, -0.05) is 24.7 Å². The molecule has 0 bridgehead atoms. The van der Waals surface area contributed by atoms with E-state index in [-0.39, 0.29) is 6.03 Å². The summed E-state index contributed by atoms with van der Waals surface area (Å²) in [5, 5.41) is 10.4. The molecule has 2 unspecified atom stereocenters. The summed E-state index contributed by atoms with van der Waals surface area (Å²) >= 11 is 1.59. The number of aromatic nitrogens is 2. The van der Waals surface area contributed by atoms with Gasteiger partial charge in [-0.3, -0.25) is 4.90 Å². The third-order valence-corrected chi connectivity index (χ3v) is 5.03. The number of hydrogen-bond acceptors (Lipinski definition) is 4. The first-order valence-electron chi connectivity index (χ1n) is 6.51. The topological polar surface area (TPSA) is 49.3 Å². The summed E-state index contributed by atoms with van der Waals surface area (Å²) in [7, 11) is 1.82. The van der Waals surface area contributed by atoms with Gasteiger partial charge in [0.2, 0.25) is 5.13 Å². The Kier molecular flexibility index (Phi) is 2.97. The van der Waals surface area contributed by atoms with Crippen molar-refractivity contribution >= 4 is 22.5 Å². The van der Waals surface area contributed by atoms with Gasteiger partial charge >= 0.3 is 6.03 Å². The highest BCUT2D eigenvalue weighted by atomic mass is 32.1. The predicted molar refractivity (Wildman–Crippen MR) is 71.0 cm³/mol. The molecule has 2 atom stereocenters. The molecule has 2 aliphatic rings. The van der Waals surface area contributed by atoms with Gasteiger partial charge in [0, 0.05) is 26.1 Å². The van der Waals surface area contributed by atoms with Gasteiger partial charge in [0.1, 0.15) is 5.01 Å². The van der Waals surface area contributed by atoms with Crippen LogP contribution in [-0.4, -0.2) is 41.3 Å². The number of amides is 2. The molecule has 0 radical (unpaired) electrons. The van der Waals surface area contributed by atoms with Gasteiger partial charge in [0.05, 0.1) is 0 Å². The van der Waals surface area contributed by atoms with Crippen molar-refractivity contribution in [2.45, 2.75) is 32.1 Å². The molecular formula is C12H18N4OS. The van der Waals surface area contributed by atoms with E-state index in [4.69, 9.17) is 0 Å². The lowest BCUT2D eigenvalue weighted by Crippen LogP contribution is -2.29. The van der Waals surface area contributed by atoms with E-state index in [0.29, 0.717) is 5.92 Å². The fourth-order valence-electron chi connectivity index (χ4n) is 2.76. The number of nitrogens with zero attached hydrogens (tertiary/aromatic N) is 4. The molecule has 6 heteroatoms. The molecule has 1 aliphatic carbocycles. The summed E-state index contributed by atoms with van der Waals surface area (Å²) in [5.74, 6) is 1.35. The van der Waals surface area contributed by atoms with Crippen molar-refractivity contribution in [3.8, 4) is 0 Å². The van der Waals surface area contributed by atoms with Crippen LogP contribution in [0.5, 0.6) is 0 Å². The summed E-state index contributed by atoms with van der Waals surface area (Å²) < 4.78 is 0. The first-order valence-corrected chi connectivity index (χ1v) is 7.33. The zero-order chi connectivity index (χ0) is 12.7. The Bertz CT molecular complexity index is 461. The summed E-state index contributed by atoms with van der Waals surface area (Å²) in [6.45, 7) is 3.79. The van der Waals surface area contributed by atoms with Crippen LogP contribution in [0.1, 0.15) is 37.1 Å². The number of anilines is 1. The molecule has 3 rings (SSSR count). The van der Waals surface area contributed by atoms with Crippen LogP contribution in [0.2, 0.25) is 0 Å². The monoisotopic (exact) mass is 266 g/mol. The minimum atomic E-state index is 0.0393. The second kappa shape index (κ2) is 4.50. The lowest BCUT2D eigenvalue weighted by molar-refractivity contribution is 0.229. The second-order valence-corrected chi connectivity index (χ2v) is 6.38. The van der Waals surface area contributed by atoms with Crippen LogP contribution < -0.4 is 4.90 Å². The van der Waals surface area contributed by atoms with Crippen molar-refractivity contribution in [1.29, 1.82) is 0 Å². The molecule has 1 aromatic rings. The number of likely N-dealkylation sites (N-methyl/N-ethyl adjacent to an activating group) is 1. The van der Waals surface area contributed by atoms with E-state index in [0.717, 1.165) is 29.1 Å². The quantitative estimate of drug-likeness (QED) is 0.825. The lowest BCUT2D eigenvalue weighted by Gasteiger charge is -2.11. The van der Waals surface area contributed by atoms with E-state index < -0.39 is 0 Å². The molecule has 5 nitrogen and oxygen atoms in total. The van der Waals surface area contributed by atoms with Gasteiger partial charge in [-0.25, -0.2) is 4.79 Å². The van der Waals surface area contributed by atoms with Crippen LogP contribution in [0.4, 0.5) is 9.93 Å². The van der Waals surface area contributed by atoms with E-state index in [1.807, 2.05) is 7.05 Å². The molecule has 1 aliphatic heterocycles. The van der Waals surface area contributed by atoms with Crippen molar-refractivity contribution in [2.24, 2.45) is 5.92 Å². The average molecular weight is 266 g/mol. The lowest BCUT2D eigenvalue weighted by atomic mass is 10.1. The van der Waals surface area contributed by atoms with Crippen LogP contribution in [0.25, 0.3) is 0 Å². The van der Waals surface area contributed by atoms with Crippen molar-refractivity contribution in [3.05, 3.63) is 5.01 Å². The molecule has 18 heavy (non-hydrogen) atoms. The first kappa shape index (κ1) is 11.9. The zero-order valence-electron chi connectivity index (χ0n) is 10.8. The Morgan fingerprint density at radius 1 is 1.28 bits per heavy atom. The molecule has 1 saturated heterocycles. The van der Waals surface area contributed by atoms with Gasteiger partial charge in [-0.2, -0.15) is 0 Å². The number of hydrogen-bond donors (Lipinski definition) is 0. The van der Waals surface area contributed by atoms with E-state index >= 15 is 0 Å². The smallest absolute Gasteiger partial charge is 0.326 e. The fraction of sp³-hybridized carbons (Fsp3) is 0.750. The Morgan fingerprint density at radius 2 is 2.11 bits per heavy atom. The Labute approximate surface area is 111 Å². The summed E-state index contributed by atoms with van der Waals surface area (Å²) in [6, 6.07) is 0.0393. The molecule has 0 aromatic carbocycles. The highest BCUT2D eigenvalue weighted by Gasteiger charge is 2.31. The average Bonchev–Trinajstić information content (AvgIpc) is 3.02. The molecule has 98 valence electrons. The van der Waals surface area contributed by atoms with E-state index in [9.17, 15) is 4.79 Å². The molecule has 2 fully saturated rings. The van der Waals surface area contributed by atoms with E-state index in [1.54, 1.807) is 21.1 Å². The molecule has 0 N–H and O–H groups in total. The molecule has 2 amide bonds. The summed E-state index contributed by atoms with van der Waals surface area (Å²) in [4.78, 5) is 15.3. The van der Waals surface area contributed by atoms with Crippen molar-refractivity contribution < 1.29 is 4.79 Å². The highest BCUT2D eigenvalue weighted by Crippen LogP contribution is 2.40. The molecule has 1 aromatic heterocycles. The third-order valence-electron chi connectivity index (χ3n) is 3.92. The third kappa shape index (κ3) is 1.98. The fourth-order valence-corrected chi connectivity index (χ4v) is 3.77. The van der Waals surface area contributed by atoms with Gasteiger partial charge in [-0.15, -0.1) is 10.2 Å². The standard InChI is InChI=1S/C12H18N4OS/c1-8-3-4-9(7-8)10-13-14-11(18-10)16-6-5-15(2)12(16)17/h8-9H,3-7H2,1-2H3. The van der Waals surface area contributed by atoms with Gasteiger partial charge < -0.3 is 4.90 Å². The van der Waals surface area contributed by atoms with Crippen LogP contribution in [0, 0.1) is 5.92 Å². The zero-order valence-corrected chi connectivity index (χ0v) is 11.6. The molecular weight excluding hydrogens is 248 g/mol. The normalized spacial score (nSPS) is 28.4. The maximum absolute atomic E-state index is 11.9. The van der Waals surface area contributed by atoms with Gasteiger partial charge in [0.25, 0.3) is 0 Å². The van der Waals surface area contributed by atoms with Crippen LogP contribution in [0.15, 0.2) is 0 Å². The minimum absolute atomic E-state index is 0.0393. The second-order valence-electron chi connectivity index (χ2n) is 5.39. The van der Waals surface area contributed by atoms with Crippen LogP contribution in [-0.2, 0) is 0 Å². The van der Waals surface area contributed by atoms with Crippen molar-refractivity contribution in [3.63, 3.8) is 0 Å². The predicted octanol–water partition coefficient (Wildman–Crippen LogP) is 2.31. The van der Waals surface area contributed by atoms with Crippen molar-refractivity contribution in [1.82, 2.24) is 15.1 Å². The SMILES string of the molecule is CC1CCC(c2nnc(N3CCN(C)C3=O)s2)C1. The van der Waals surface area contributed by atoms with E-state index in [2.05, 4.69) is 17.1 Å². The first-order chi connectivity index (χ1) is 8.65. The molecule has 0 spiro atoms. The van der Waals surface area contributed by atoms with Gasteiger partial charge in [0.15, 0.2) is 0 Å². The maximum atomic E-state index is 11.9. The molecule has 2 heterocycles. The largest absolute Gasteiger partial charge is 0.326 e. The minimum Gasteiger partial charge on any atom is -0.326 e. The van der Waals surface area contributed by atoms with Crippen LogP contribution in [0.3, 0.4) is 0 Å². The Morgan fingerprint density at radius 3 is 2.72 bits per heavy atom. The molecule has 1 saturated carbocycles. The Balaban J connectivity index is 1.76. The van der Waals surface area contributed by atoms with Crippen molar-refractivity contribution in [2.75, 3.05) is 25.0 Å². The maximum Gasteiger partial charge on any atom is 0.326 e. The summed E-state index contributed by atoms with van der Waals surface area (Å²) in [5.41, 5.74) is 0.